The van der Waals surface area contributed by atoms with E-state index in [1.54, 1.807) is 0 Å². The SMILES string of the molecule is CC.CC(C)=O.CO.[B]C. The van der Waals surface area contributed by atoms with Gasteiger partial charge in [0, 0.05) is 7.11 Å². The third-order valence-electron chi connectivity index (χ3n) is 0. The molecule has 2 nitrogen and oxygen atoms in total. The van der Waals surface area contributed by atoms with Gasteiger partial charge in [0.05, 0.1) is 7.85 Å². The summed E-state index contributed by atoms with van der Waals surface area (Å²) >= 11 is 0. The zero-order valence-corrected chi connectivity index (χ0v) is 7.93. The molecule has 0 unspecified atom stereocenters. The summed E-state index contributed by atoms with van der Waals surface area (Å²) in [6, 6.07) is 0. The molecule has 0 aromatic rings. The van der Waals surface area contributed by atoms with E-state index in [2.05, 4.69) is 7.85 Å². The predicted octanol–water partition coefficient (Wildman–Crippen LogP) is 1.43. The Balaban J connectivity index is -0.0000000262. The third kappa shape index (κ3) is 3710. The molecule has 0 saturated heterocycles. The Kier molecular flexibility index (Phi) is 160. The molecule has 0 fully saturated rings. The van der Waals surface area contributed by atoms with E-state index >= 15 is 0 Å². The quantitative estimate of drug-likeness (QED) is 0.525. The first-order chi connectivity index (χ1) is 4.73. The van der Waals surface area contributed by atoms with E-state index in [4.69, 9.17) is 5.11 Å². The zero-order valence-electron chi connectivity index (χ0n) is 7.93. The van der Waals surface area contributed by atoms with Crippen LogP contribution in [0, 0.1) is 0 Å². The van der Waals surface area contributed by atoms with Gasteiger partial charge < -0.3 is 9.90 Å². The standard InChI is InChI=1S/C3H6O.C2H6.CH3B.CH4O/c1-3(2)4;3*1-2/h1-2H3;1-2H3;1H3;2H,1H3. The van der Waals surface area contributed by atoms with Crippen LogP contribution in [0.2, 0.25) is 6.82 Å². The summed E-state index contributed by atoms with van der Waals surface area (Å²) in [5, 5.41) is 7.00. The van der Waals surface area contributed by atoms with Gasteiger partial charge in [0.2, 0.25) is 0 Å². The lowest BCUT2D eigenvalue weighted by Gasteiger charge is -1.56. The molecule has 0 aliphatic heterocycles. The van der Waals surface area contributed by atoms with Crippen LogP contribution in [0.3, 0.4) is 0 Å². The maximum atomic E-state index is 9.44. The van der Waals surface area contributed by atoms with Crippen molar-refractivity contribution in [2.75, 3.05) is 7.11 Å². The molecule has 3 heteroatoms. The molecule has 0 atom stereocenters. The molecule has 0 bridgehead atoms. The Hall–Kier alpha value is -0.305. The monoisotopic (exact) mass is 146 g/mol. The lowest BCUT2D eigenvalue weighted by molar-refractivity contribution is -0.114. The number of ketones is 1. The molecule has 0 spiro atoms. The van der Waals surface area contributed by atoms with Crippen molar-refractivity contribution < 1.29 is 9.90 Å². The molecule has 0 aliphatic carbocycles. The molecular formula is C7H19BO2. The van der Waals surface area contributed by atoms with E-state index in [1.807, 2.05) is 13.8 Å². The Morgan fingerprint density at radius 1 is 1.10 bits per heavy atom. The minimum absolute atomic E-state index is 0.167. The molecule has 2 radical (unpaired) electrons. The van der Waals surface area contributed by atoms with E-state index in [0.29, 0.717) is 0 Å². The topological polar surface area (TPSA) is 37.3 Å². The Morgan fingerprint density at radius 2 is 1.10 bits per heavy atom. The van der Waals surface area contributed by atoms with E-state index in [9.17, 15) is 4.79 Å². The van der Waals surface area contributed by atoms with Gasteiger partial charge in [-0.1, -0.05) is 20.7 Å². The molecule has 0 aliphatic rings. The van der Waals surface area contributed by atoms with E-state index in [0.717, 1.165) is 7.11 Å². The number of carbonyl (C=O) groups is 1. The van der Waals surface area contributed by atoms with Gasteiger partial charge in [-0.2, -0.15) is 0 Å². The van der Waals surface area contributed by atoms with Crippen molar-refractivity contribution in [3.8, 4) is 0 Å². The highest BCUT2D eigenvalue weighted by atomic mass is 16.2. The van der Waals surface area contributed by atoms with Crippen LogP contribution in [0.1, 0.15) is 27.7 Å². The molecular weight excluding hydrogens is 127 g/mol. The number of hydrogen-bond acceptors (Lipinski definition) is 2. The largest absolute Gasteiger partial charge is 0.400 e. The Labute approximate surface area is 66.1 Å². The van der Waals surface area contributed by atoms with Crippen LogP contribution in [-0.4, -0.2) is 25.8 Å². The second kappa shape index (κ2) is 70.9. The fraction of sp³-hybridized carbons (Fsp3) is 0.857. The van der Waals surface area contributed by atoms with Gasteiger partial charge in [-0.15, -0.1) is 0 Å². The van der Waals surface area contributed by atoms with E-state index in [1.165, 1.54) is 20.7 Å². The molecule has 62 valence electrons. The van der Waals surface area contributed by atoms with Gasteiger partial charge >= 0.3 is 0 Å². The highest BCUT2D eigenvalue weighted by Crippen LogP contribution is 1.50. The van der Waals surface area contributed by atoms with Gasteiger partial charge in [0.25, 0.3) is 0 Å². The summed E-state index contributed by atoms with van der Waals surface area (Å²) in [5.74, 6) is 0.167. The van der Waals surface area contributed by atoms with Gasteiger partial charge in [-0.3, -0.25) is 0 Å². The van der Waals surface area contributed by atoms with Crippen molar-refractivity contribution in [1.82, 2.24) is 0 Å². The lowest BCUT2D eigenvalue weighted by atomic mass is 10.2. The Morgan fingerprint density at radius 3 is 1.10 bits per heavy atom. The summed E-state index contributed by atoms with van der Waals surface area (Å²) in [4.78, 5) is 9.44. The molecule has 0 heterocycles. The summed E-state index contributed by atoms with van der Waals surface area (Å²) < 4.78 is 0. The highest BCUT2D eigenvalue weighted by Gasteiger charge is 1.62. The molecule has 1 N–H and O–H groups in total. The number of hydrogen-bond donors (Lipinski definition) is 1. The average Bonchev–Trinajstić information content (AvgIpc) is 1.98. The Bertz CT molecular complexity index is 34.6. The van der Waals surface area contributed by atoms with Crippen molar-refractivity contribution >= 4 is 13.6 Å². The van der Waals surface area contributed by atoms with Crippen LogP contribution in [0.15, 0.2) is 0 Å². The first-order valence-electron chi connectivity index (χ1n) is 3.23. The van der Waals surface area contributed by atoms with E-state index < -0.39 is 0 Å². The molecule has 10 heavy (non-hydrogen) atoms. The van der Waals surface area contributed by atoms with Crippen LogP contribution < -0.4 is 0 Å². The van der Waals surface area contributed by atoms with Crippen LogP contribution in [0.25, 0.3) is 0 Å². The lowest BCUT2D eigenvalue weighted by Crippen LogP contribution is -1.69. The minimum Gasteiger partial charge on any atom is -0.400 e. The number of Topliss-reactive ketones (excluding diaryl/α,β-unsaturated/α-hetero) is 1. The molecule has 0 saturated carbocycles. The maximum absolute atomic E-state index is 9.44. The van der Waals surface area contributed by atoms with E-state index in [-0.39, 0.29) is 5.78 Å². The zero-order chi connectivity index (χ0) is 9.58. The van der Waals surface area contributed by atoms with Crippen molar-refractivity contribution in [3.63, 3.8) is 0 Å². The fourth-order valence-electron chi connectivity index (χ4n) is 0. The molecule has 0 amide bonds. The molecule has 0 aromatic carbocycles. The van der Waals surface area contributed by atoms with Crippen LogP contribution >= 0.6 is 0 Å². The number of rotatable bonds is 0. The summed E-state index contributed by atoms with van der Waals surface area (Å²) in [5.41, 5.74) is 0. The van der Waals surface area contributed by atoms with Crippen LogP contribution in [0.5, 0.6) is 0 Å². The number of aliphatic hydroxyl groups is 1. The summed E-state index contributed by atoms with van der Waals surface area (Å²) in [6.07, 6.45) is 0. The second-order valence-corrected chi connectivity index (χ2v) is 0.908. The van der Waals surface area contributed by atoms with Crippen molar-refractivity contribution in [2.45, 2.75) is 34.5 Å². The van der Waals surface area contributed by atoms with Gasteiger partial charge in [-0.05, 0) is 13.8 Å². The fourth-order valence-corrected chi connectivity index (χ4v) is 0. The number of carbonyl (C=O) groups excluding carboxylic acids is 1. The molecule has 0 rings (SSSR count). The first kappa shape index (κ1) is 22.6. The van der Waals surface area contributed by atoms with Crippen molar-refractivity contribution in [3.05, 3.63) is 0 Å². The normalized spacial score (nSPS) is 4.30. The van der Waals surface area contributed by atoms with Gasteiger partial charge in [0.1, 0.15) is 5.78 Å². The van der Waals surface area contributed by atoms with Gasteiger partial charge in [0.15, 0.2) is 0 Å². The number of aliphatic hydroxyl groups excluding tert-OH is 1. The minimum atomic E-state index is 0.167. The second-order valence-electron chi connectivity index (χ2n) is 0.908. The van der Waals surface area contributed by atoms with Crippen molar-refractivity contribution in [1.29, 1.82) is 0 Å². The maximum Gasteiger partial charge on any atom is 0.126 e. The predicted molar refractivity (Wildman–Crippen MR) is 47.5 cm³/mol. The smallest absolute Gasteiger partial charge is 0.126 e. The summed E-state index contributed by atoms with van der Waals surface area (Å²) in [6.45, 7) is 8.56. The third-order valence-corrected chi connectivity index (χ3v) is 0. The van der Waals surface area contributed by atoms with Crippen LogP contribution in [0.4, 0.5) is 0 Å². The highest BCUT2D eigenvalue weighted by molar-refractivity contribution is 6.05. The van der Waals surface area contributed by atoms with Crippen molar-refractivity contribution in [2.24, 2.45) is 0 Å². The van der Waals surface area contributed by atoms with Crippen LogP contribution in [-0.2, 0) is 4.79 Å². The summed E-state index contributed by atoms with van der Waals surface area (Å²) in [7, 11) is 5.50. The molecule has 0 aromatic heterocycles. The average molecular weight is 146 g/mol. The van der Waals surface area contributed by atoms with Gasteiger partial charge in [-0.25, -0.2) is 0 Å². The first-order valence-corrected chi connectivity index (χ1v) is 3.23.